The molecule has 3 nitrogen and oxygen atoms in total. The smallest absolute Gasteiger partial charge is 0.222 e. The highest BCUT2D eigenvalue weighted by Crippen LogP contribution is 2.11. The number of likely N-dealkylation sites (tertiary alicyclic amines) is 2. The molecule has 0 aliphatic carbocycles. The van der Waals surface area contributed by atoms with Gasteiger partial charge in [-0.15, -0.1) is 11.6 Å². The van der Waals surface area contributed by atoms with Gasteiger partial charge in [-0.05, 0) is 25.7 Å². The Morgan fingerprint density at radius 2 is 2.00 bits per heavy atom. The molecule has 92 valence electrons. The van der Waals surface area contributed by atoms with Crippen molar-refractivity contribution in [3.63, 3.8) is 0 Å². The van der Waals surface area contributed by atoms with Crippen molar-refractivity contribution >= 4 is 17.5 Å². The van der Waals surface area contributed by atoms with Gasteiger partial charge in [-0.1, -0.05) is 0 Å². The van der Waals surface area contributed by atoms with Crippen LogP contribution in [0.3, 0.4) is 0 Å². The molecular weight excluding hydrogens is 224 g/mol. The van der Waals surface area contributed by atoms with Crippen LogP contribution in [0.1, 0.15) is 32.1 Å². The van der Waals surface area contributed by atoms with Crippen molar-refractivity contribution in [3.8, 4) is 0 Å². The van der Waals surface area contributed by atoms with Crippen molar-refractivity contribution in [2.45, 2.75) is 37.5 Å². The van der Waals surface area contributed by atoms with Crippen molar-refractivity contribution in [1.29, 1.82) is 0 Å². The number of quaternary nitrogens is 1. The molecule has 1 atom stereocenters. The lowest BCUT2D eigenvalue weighted by molar-refractivity contribution is -0.904. The van der Waals surface area contributed by atoms with Gasteiger partial charge in [0.15, 0.2) is 0 Å². The van der Waals surface area contributed by atoms with Crippen molar-refractivity contribution in [2.75, 3.05) is 32.7 Å². The molecule has 2 saturated heterocycles. The molecule has 0 unspecified atom stereocenters. The highest BCUT2D eigenvalue weighted by molar-refractivity contribution is 6.21. The average molecular weight is 246 g/mol. The van der Waals surface area contributed by atoms with E-state index in [1.54, 1.807) is 4.90 Å². The van der Waals surface area contributed by atoms with Crippen LogP contribution in [0.5, 0.6) is 0 Å². The zero-order valence-electron chi connectivity index (χ0n) is 9.88. The van der Waals surface area contributed by atoms with E-state index in [0.29, 0.717) is 5.91 Å². The van der Waals surface area contributed by atoms with Gasteiger partial charge in [-0.3, -0.25) is 4.79 Å². The fraction of sp³-hybridized carbons (Fsp3) is 0.917. The maximum atomic E-state index is 11.5. The SMILES string of the molecule is O=C1CCCN1C[C@H](Cl)C[NH+]1CCCCC1. The van der Waals surface area contributed by atoms with E-state index in [0.717, 1.165) is 32.5 Å². The molecule has 0 aromatic carbocycles. The maximum absolute atomic E-state index is 11.5. The molecule has 0 spiro atoms. The number of hydrogen-bond acceptors (Lipinski definition) is 1. The molecule has 0 bridgehead atoms. The van der Waals surface area contributed by atoms with E-state index in [4.69, 9.17) is 11.6 Å². The van der Waals surface area contributed by atoms with Crippen LogP contribution in [0, 0.1) is 0 Å². The lowest BCUT2D eigenvalue weighted by Crippen LogP contribution is -3.13. The van der Waals surface area contributed by atoms with Crippen LogP contribution in [-0.2, 0) is 4.79 Å². The Morgan fingerprint density at radius 3 is 2.62 bits per heavy atom. The number of alkyl halides is 1. The van der Waals surface area contributed by atoms with Crippen LogP contribution in [-0.4, -0.2) is 48.9 Å². The predicted octanol–water partition coefficient (Wildman–Crippen LogP) is 0.285. The number of carbonyl (C=O) groups excluding carboxylic acids is 1. The summed E-state index contributed by atoms with van der Waals surface area (Å²) >= 11 is 6.34. The number of nitrogens with zero attached hydrogens (tertiary/aromatic N) is 1. The fourth-order valence-corrected chi connectivity index (χ4v) is 3.15. The highest BCUT2D eigenvalue weighted by atomic mass is 35.5. The number of halogens is 1. The second-order valence-corrected chi connectivity index (χ2v) is 5.67. The molecule has 1 N–H and O–H groups in total. The summed E-state index contributed by atoms with van der Waals surface area (Å²) in [4.78, 5) is 15.0. The van der Waals surface area contributed by atoms with Gasteiger partial charge in [-0.2, -0.15) is 0 Å². The summed E-state index contributed by atoms with van der Waals surface area (Å²) in [6, 6.07) is 0. The van der Waals surface area contributed by atoms with Crippen LogP contribution >= 0.6 is 11.6 Å². The van der Waals surface area contributed by atoms with Gasteiger partial charge in [0.2, 0.25) is 5.91 Å². The van der Waals surface area contributed by atoms with Gasteiger partial charge in [0.05, 0.1) is 19.6 Å². The van der Waals surface area contributed by atoms with Crippen LogP contribution < -0.4 is 4.90 Å². The van der Waals surface area contributed by atoms with Crippen molar-refractivity contribution < 1.29 is 9.69 Å². The molecule has 0 aromatic heterocycles. The topological polar surface area (TPSA) is 24.8 Å². The third kappa shape index (κ3) is 3.36. The number of nitrogens with one attached hydrogen (secondary N) is 1. The van der Waals surface area contributed by atoms with Crippen LogP contribution in [0.4, 0.5) is 0 Å². The second-order valence-electron chi connectivity index (χ2n) is 5.06. The van der Waals surface area contributed by atoms with E-state index in [9.17, 15) is 4.79 Å². The summed E-state index contributed by atoms with van der Waals surface area (Å²) in [5.74, 6) is 0.291. The van der Waals surface area contributed by atoms with E-state index in [1.165, 1.54) is 32.4 Å². The Kier molecular flexibility index (Phi) is 4.47. The third-order valence-corrected chi connectivity index (χ3v) is 3.95. The zero-order chi connectivity index (χ0) is 11.4. The molecule has 0 radical (unpaired) electrons. The summed E-state index contributed by atoms with van der Waals surface area (Å²) < 4.78 is 0. The number of rotatable bonds is 4. The molecule has 2 aliphatic rings. The molecular formula is C12H22ClN2O+. The average Bonchev–Trinajstić information content (AvgIpc) is 2.66. The fourth-order valence-electron chi connectivity index (χ4n) is 2.77. The number of piperidine rings is 1. The molecule has 2 aliphatic heterocycles. The van der Waals surface area contributed by atoms with Gasteiger partial charge in [-0.25, -0.2) is 0 Å². The molecule has 2 rings (SSSR count). The first kappa shape index (κ1) is 12.2. The summed E-state index contributed by atoms with van der Waals surface area (Å²) in [6.07, 6.45) is 5.78. The molecule has 0 saturated carbocycles. The van der Waals surface area contributed by atoms with E-state index in [-0.39, 0.29) is 5.38 Å². The number of carbonyl (C=O) groups is 1. The van der Waals surface area contributed by atoms with E-state index in [2.05, 4.69) is 0 Å². The lowest BCUT2D eigenvalue weighted by Gasteiger charge is -2.27. The van der Waals surface area contributed by atoms with Crippen molar-refractivity contribution in [2.24, 2.45) is 0 Å². The lowest BCUT2D eigenvalue weighted by atomic mass is 10.1. The Balaban J connectivity index is 1.70. The van der Waals surface area contributed by atoms with Gasteiger partial charge >= 0.3 is 0 Å². The number of hydrogen-bond donors (Lipinski definition) is 1. The van der Waals surface area contributed by atoms with Crippen LogP contribution in [0.2, 0.25) is 0 Å². The largest absolute Gasteiger partial charge is 0.341 e. The van der Waals surface area contributed by atoms with E-state index < -0.39 is 0 Å². The van der Waals surface area contributed by atoms with Gasteiger partial charge in [0, 0.05) is 19.5 Å². The maximum Gasteiger partial charge on any atom is 0.222 e. The van der Waals surface area contributed by atoms with Gasteiger partial charge in [0.25, 0.3) is 0 Å². The monoisotopic (exact) mass is 245 g/mol. The Hall–Kier alpha value is -0.280. The molecule has 2 fully saturated rings. The predicted molar refractivity (Wildman–Crippen MR) is 64.9 cm³/mol. The zero-order valence-corrected chi connectivity index (χ0v) is 10.6. The minimum atomic E-state index is 0.134. The summed E-state index contributed by atoms with van der Waals surface area (Å²) in [7, 11) is 0. The summed E-state index contributed by atoms with van der Waals surface area (Å²) in [5, 5.41) is 0.134. The minimum absolute atomic E-state index is 0.134. The third-order valence-electron chi connectivity index (χ3n) is 3.66. The van der Waals surface area contributed by atoms with Crippen LogP contribution in [0.25, 0.3) is 0 Å². The van der Waals surface area contributed by atoms with Crippen LogP contribution in [0.15, 0.2) is 0 Å². The number of amides is 1. The van der Waals surface area contributed by atoms with E-state index in [1.807, 2.05) is 4.90 Å². The Morgan fingerprint density at radius 1 is 1.25 bits per heavy atom. The second kappa shape index (κ2) is 5.87. The molecule has 1 amide bonds. The summed E-state index contributed by atoms with van der Waals surface area (Å²) in [5.41, 5.74) is 0. The molecule has 16 heavy (non-hydrogen) atoms. The highest BCUT2D eigenvalue weighted by Gasteiger charge is 2.25. The van der Waals surface area contributed by atoms with Crippen molar-refractivity contribution in [1.82, 2.24) is 4.90 Å². The first-order valence-electron chi connectivity index (χ1n) is 6.51. The molecule has 4 heteroatoms. The molecule has 2 heterocycles. The quantitative estimate of drug-likeness (QED) is 0.708. The van der Waals surface area contributed by atoms with E-state index >= 15 is 0 Å². The normalized spacial score (nSPS) is 25.1. The first-order valence-corrected chi connectivity index (χ1v) is 6.95. The Bertz CT molecular complexity index is 241. The van der Waals surface area contributed by atoms with Gasteiger partial charge < -0.3 is 9.80 Å². The minimum Gasteiger partial charge on any atom is -0.341 e. The van der Waals surface area contributed by atoms with Crippen molar-refractivity contribution in [3.05, 3.63) is 0 Å². The first-order chi connectivity index (χ1) is 7.75. The molecule has 0 aromatic rings. The summed E-state index contributed by atoms with van der Waals surface area (Å²) in [6.45, 7) is 5.21. The standard InChI is InChI=1S/C12H21ClN2O/c13-11(9-14-6-2-1-3-7-14)10-15-8-4-5-12(15)16/h11H,1-10H2/p+1/t11-/m1/s1. The Labute approximate surface area is 103 Å². The van der Waals surface area contributed by atoms with Gasteiger partial charge in [0.1, 0.15) is 5.38 Å².